The van der Waals surface area contributed by atoms with Crippen molar-refractivity contribution in [2.24, 2.45) is 0 Å². The van der Waals surface area contributed by atoms with Crippen molar-refractivity contribution in [2.75, 3.05) is 0 Å². The second kappa shape index (κ2) is 3.14. The van der Waals surface area contributed by atoms with Gasteiger partial charge in [0, 0.05) is 6.92 Å². The predicted molar refractivity (Wildman–Crippen MR) is 50.1 cm³/mol. The molecule has 1 aromatic carbocycles. The smallest absolute Gasteiger partial charge is 0.307 e. The molecule has 2 rings (SSSR count). The molecule has 0 aliphatic carbocycles. The summed E-state index contributed by atoms with van der Waals surface area (Å²) in [4.78, 5) is 14.7. The summed E-state index contributed by atoms with van der Waals surface area (Å²) >= 11 is 0. The van der Waals surface area contributed by atoms with Crippen molar-refractivity contribution >= 4 is 17.1 Å². The molecule has 14 heavy (non-hydrogen) atoms. The number of nitrogens with zero attached hydrogens (tertiary/aromatic N) is 1. The summed E-state index contributed by atoms with van der Waals surface area (Å²) in [6, 6.07) is 5.30. The van der Waals surface area contributed by atoms with Gasteiger partial charge in [-0.1, -0.05) is 12.1 Å². The number of carboxylic acids is 1. The number of carboxylic acid groups (broad SMARTS) is 1. The van der Waals surface area contributed by atoms with Gasteiger partial charge in [0.2, 0.25) is 0 Å². The van der Waals surface area contributed by atoms with Gasteiger partial charge in [-0.05, 0) is 11.6 Å². The van der Waals surface area contributed by atoms with Crippen LogP contribution in [0.5, 0.6) is 0 Å². The Labute approximate surface area is 80.2 Å². The number of aliphatic carboxylic acids is 1. The van der Waals surface area contributed by atoms with Crippen LogP contribution in [0, 0.1) is 6.92 Å². The quantitative estimate of drug-likeness (QED) is 0.785. The standard InChI is InChI=1S/C10H9NO3/c1-6-11-10-7(5-9(12)13)3-2-4-8(10)14-6/h2-4H,5H2,1H3,(H,12,13). The number of hydrogen-bond acceptors (Lipinski definition) is 3. The van der Waals surface area contributed by atoms with Crippen LogP contribution < -0.4 is 0 Å². The average Bonchev–Trinajstić information content (AvgIpc) is 2.45. The van der Waals surface area contributed by atoms with Crippen LogP contribution in [0.25, 0.3) is 11.1 Å². The third-order valence-corrected chi connectivity index (χ3v) is 1.95. The highest BCUT2D eigenvalue weighted by molar-refractivity contribution is 5.82. The Hall–Kier alpha value is -1.84. The molecule has 2 aromatic rings. The molecule has 0 saturated carbocycles. The van der Waals surface area contributed by atoms with Crippen molar-refractivity contribution in [1.29, 1.82) is 0 Å². The summed E-state index contributed by atoms with van der Waals surface area (Å²) in [6.45, 7) is 1.74. The number of oxazole rings is 1. The van der Waals surface area contributed by atoms with Crippen molar-refractivity contribution in [3.63, 3.8) is 0 Å². The van der Waals surface area contributed by atoms with Crippen LogP contribution in [-0.4, -0.2) is 16.1 Å². The van der Waals surface area contributed by atoms with Crippen LogP contribution in [0.15, 0.2) is 22.6 Å². The van der Waals surface area contributed by atoms with Crippen LogP contribution in [-0.2, 0) is 11.2 Å². The van der Waals surface area contributed by atoms with E-state index >= 15 is 0 Å². The van der Waals surface area contributed by atoms with Crippen LogP contribution in [0.1, 0.15) is 11.5 Å². The zero-order valence-corrected chi connectivity index (χ0v) is 7.65. The Bertz CT molecular complexity index is 487. The lowest BCUT2D eigenvalue weighted by Gasteiger charge is -1.95. The van der Waals surface area contributed by atoms with Crippen LogP contribution in [0.3, 0.4) is 0 Å². The average molecular weight is 191 g/mol. The van der Waals surface area contributed by atoms with E-state index in [1.807, 2.05) is 0 Å². The van der Waals surface area contributed by atoms with E-state index in [1.54, 1.807) is 25.1 Å². The highest BCUT2D eigenvalue weighted by atomic mass is 16.4. The Kier molecular flexibility index (Phi) is 1.96. The lowest BCUT2D eigenvalue weighted by Crippen LogP contribution is -2.00. The van der Waals surface area contributed by atoms with Crippen molar-refractivity contribution in [1.82, 2.24) is 4.98 Å². The normalized spacial score (nSPS) is 10.6. The molecule has 0 bridgehead atoms. The van der Waals surface area contributed by atoms with Gasteiger partial charge in [-0.25, -0.2) is 4.98 Å². The van der Waals surface area contributed by atoms with E-state index in [-0.39, 0.29) is 6.42 Å². The van der Waals surface area contributed by atoms with Gasteiger partial charge in [0.1, 0.15) is 5.52 Å². The Morgan fingerprint density at radius 1 is 1.57 bits per heavy atom. The molecule has 0 aliphatic rings. The number of fused-ring (bicyclic) bond motifs is 1. The molecule has 0 fully saturated rings. The van der Waals surface area contributed by atoms with Gasteiger partial charge in [-0.2, -0.15) is 0 Å². The minimum absolute atomic E-state index is 0.0245. The van der Waals surface area contributed by atoms with Crippen LogP contribution >= 0.6 is 0 Å². The Balaban J connectivity index is 2.58. The molecular weight excluding hydrogens is 182 g/mol. The van der Waals surface area contributed by atoms with Crippen molar-refractivity contribution in [3.8, 4) is 0 Å². The van der Waals surface area contributed by atoms with Crippen LogP contribution in [0.2, 0.25) is 0 Å². The molecule has 72 valence electrons. The first-order chi connectivity index (χ1) is 6.66. The van der Waals surface area contributed by atoms with Gasteiger partial charge < -0.3 is 9.52 Å². The topological polar surface area (TPSA) is 63.3 Å². The molecular formula is C10H9NO3. The van der Waals surface area contributed by atoms with E-state index < -0.39 is 5.97 Å². The fourth-order valence-corrected chi connectivity index (χ4v) is 1.42. The largest absolute Gasteiger partial charge is 0.481 e. The highest BCUT2D eigenvalue weighted by Crippen LogP contribution is 2.19. The zero-order chi connectivity index (χ0) is 10.1. The maximum absolute atomic E-state index is 10.6. The number of carbonyl (C=O) groups is 1. The summed E-state index contributed by atoms with van der Waals surface area (Å²) in [6.07, 6.45) is -0.0245. The van der Waals surface area contributed by atoms with E-state index in [9.17, 15) is 4.79 Å². The minimum atomic E-state index is -0.863. The molecule has 0 saturated heterocycles. The number of aryl methyl sites for hydroxylation is 1. The molecule has 0 atom stereocenters. The zero-order valence-electron chi connectivity index (χ0n) is 7.65. The van der Waals surface area contributed by atoms with E-state index in [2.05, 4.69) is 4.98 Å². The molecule has 1 N–H and O–H groups in total. The summed E-state index contributed by atoms with van der Waals surface area (Å²) < 4.78 is 5.29. The summed E-state index contributed by atoms with van der Waals surface area (Å²) in [5.41, 5.74) is 1.97. The molecule has 0 radical (unpaired) electrons. The molecule has 4 nitrogen and oxygen atoms in total. The summed E-state index contributed by atoms with van der Waals surface area (Å²) in [5.74, 6) is -0.309. The van der Waals surface area contributed by atoms with Crippen molar-refractivity contribution in [2.45, 2.75) is 13.3 Å². The number of hydrogen-bond donors (Lipinski definition) is 1. The van der Waals surface area contributed by atoms with Gasteiger partial charge in [0.15, 0.2) is 11.5 Å². The second-order valence-corrected chi connectivity index (χ2v) is 3.07. The van der Waals surface area contributed by atoms with Gasteiger partial charge in [0.05, 0.1) is 6.42 Å². The fraction of sp³-hybridized carbons (Fsp3) is 0.200. The maximum Gasteiger partial charge on any atom is 0.307 e. The third-order valence-electron chi connectivity index (χ3n) is 1.95. The van der Waals surface area contributed by atoms with Gasteiger partial charge in [-0.3, -0.25) is 4.79 Å². The van der Waals surface area contributed by atoms with E-state index in [1.165, 1.54) is 0 Å². The van der Waals surface area contributed by atoms with Gasteiger partial charge in [-0.15, -0.1) is 0 Å². The van der Waals surface area contributed by atoms with E-state index in [0.29, 0.717) is 22.6 Å². The van der Waals surface area contributed by atoms with E-state index in [0.717, 1.165) is 0 Å². The molecule has 4 heteroatoms. The SMILES string of the molecule is Cc1nc2c(CC(=O)O)cccc2o1. The fourth-order valence-electron chi connectivity index (χ4n) is 1.42. The Morgan fingerprint density at radius 2 is 2.36 bits per heavy atom. The van der Waals surface area contributed by atoms with Crippen molar-refractivity contribution in [3.05, 3.63) is 29.7 Å². The summed E-state index contributed by atoms with van der Waals surface area (Å²) in [5, 5.41) is 8.67. The number of rotatable bonds is 2. The monoisotopic (exact) mass is 191 g/mol. The molecule has 0 unspecified atom stereocenters. The highest BCUT2D eigenvalue weighted by Gasteiger charge is 2.09. The van der Waals surface area contributed by atoms with Gasteiger partial charge in [0.25, 0.3) is 0 Å². The number of aromatic nitrogens is 1. The minimum Gasteiger partial charge on any atom is -0.481 e. The molecule has 0 aliphatic heterocycles. The molecule has 0 spiro atoms. The number of para-hydroxylation sites is 1. The molecule has 1 aromatic heterocycles. The second-order valence-electron chi connectivity index (χ2n) is 3.07. The summed E-state index contributed by atoms with van der Waals surface area (Å²) in [7, 11) is 0. The first-order valence-electron chi connectivity index (χ1n) is 4.23. The number of benzene rings is 1. The lowest BCUT2D eigenvalue weighted by atomic mass is 10.1. The lowest BCUT2D eigenvalue weighted by molar-refractivity contribution is -0.136. The van der Waals surface area contributed by atoms with Gasteiger partial charge >= 0.3 is 5.97 Å². The molecule has 1 heterocycles. The molecule has 0 amide bonds. The predicted octanol–water partition coefficient (Wildman–Crippen LogP) is 1.76. The third kappa shape index (κ3) is 1.46. The Morgan fingerprint density at radius 3 is 3.07 bits per heavy atom. The first kappa shape index (κ1) is 8.74. The van der Waals surface area contributed by atoms with Crippen molar-refractivity contribution < 1.29 is 14.3 Å². The van der Waals surface area contributed by atoms with Crippen LogP contribution in [0.4, 0.5) is 0 Å². The first-order valence-corrected chi connectivity index (χ1v) is 4.23. The maximum atomic E-state index is 10.6. The van der Waals surface area contributed by atoms with E-state index in [4.69, 9.17) is 9.52 Å².